The first-order valence-electron chi connectivity index (χ1n) is 9.00. The standard InChI is InChI=1S/C19H31N3O3.HI/c1-5-20-18(21-10-7-12-23-4)22-11-13-24-16-9-6-8-15-14-19(2,3)25-17(15)16;/h6,8-9H,5,7,10-14H2,1-4H3,(H2,20,21,22);1H. The summed E-state index contributed by atoms with van der Waals surface area (Å²) >= 11 is 0. The van der Waals surface area contributed by atoms with Crippen LogP contribution in [0.25, 0.3) is 0 Å². The fraction of sp³-hybridized carbons (Fsp3) is 0.632. The summed E-state index contributed by atoms with van der Waals surface area (Å²) < 4.78 is 17.0. The molecule has 0 aromatic heterocycles. The van der Waals surface area contributed by atoms with Gasteiger partial charge < -0.3 is 24.8 Å². The number of ether oxygens (including phenoxy) is 3. The monoisotopic (exact) mass is 477 g/mol. The van der Waals surface area contributed by atoms with Crippen molar-refractivity contribution in [3.05, 3.63) is 23.8 Å². The Kier molecular flexibility index (Phi) is 10.1. The van der Waals surface area contributed by atoms with E-state index < -0.39 is 0 Å². The molecule has 1 aromatic carbocycles. The molecule has 2 N–H and O–H groups in total. The maximum absolute atomic E-state index is 6.02. The van der Waals surface area contributed by atoms with Crippen molar-refractivity contribution in [1.29, 1.82) is 0 Å². The van der Waals surface area contributed by atoms with Crippen LogP contribution in [0.4, 0.5) is 0 Å². The van der Waals surface area contributed by atoms with Crippen LogP contribution in [-0.2, 0) is 11.2 Å². The van der Waals surface area contributed by atoms with Gasteiger partial charge in [-0.25, -0.2) is 0 Å². The zero-order valence-electron chi connectivity index (χ0n) is 16.3. The van der Waals surface area contributed by atoms with E-state index in [1.807, 2.05) is 12.1 Å². The Morgan fingerprint density at radius 3 is 2.81 bits per heavy atom. The minimum Gasteiger partial charge on any atom is -0.488 e. The molecule has 7 heteroatoms. The Labute approximate surface area is 174 Å². The van der Waals surface area contributed by atoms with Crippen molar-refractivity contribution in [1.82, 2.24) is 10.6 Å². The summed E-state index contributed by atoms with van der Waals surface area (Å²) in [6.07, 6.45) is 1.82. The molecule has 0 spiro atoms. The number of fused-ring (bicyclic) bond motifs is 1. The quantitative estimate of drug-likeness (QED) is 0.248. The van der Waals surface area contributed by atoms with Crippen LogP contribution >= 0.6 is 24.0 Å². The predicted octanol–water partition coefficient (Wildman–Crippen LogP) is 2.99. The maximum Gasteiger partial charge on any atom is 0.191 e. The van der Waals surface area contributed by atoms with Gasteiger partial charge >= 0.3 is 0 Å². The molecule has 0 amide bonds. The number of para-hydroxylation sites is 1. The Bertz CT molecular complexity index is 579. The molecule has 1 aliphatic heterocycles. The van der Waals surface area contributed by atoms with Gasteiger partial charge in [-0.15, -0.1) is 24.0 Å². The lowest BCUT2D eigenvalue weighted by Crippen LogP contribution is -2.39. The topological polar surface area (TPSA) is 64.1 Å². The molecular formula is C19H32IN3O3. The number of aliphatic imine (C=N–C) groups is 1. The third-order valence-electron chi connectivity index (χ3n) is 3.83. The van der Waals surface area contributed by atoms with E-state index in [0.29, 0.717) is 13.2 Å². The summed E-state index contributed by atoms with van der Waals surface area (Å²) in [6.45, 7) is 9.75. The second kappa shape index (κ2) is 11.5. The van der Waals surface area contributed by atoms with Gasteiger partial charge in [0.1, 0.15) is 12.2 Å². The molecule has 0 saturated carbocycles. The second-order valence-corrected chi connectivity index (χ2v) is 6.67. The molecule has 26 heavy (non-hydrogen) atoms. The smallest absolute Gasteiger partial charge is 0.191 e. The summed E-state index contributed by atoms with van der Waals surface area (Å²) in [5, 5.41) is 6.51. The summed E-state index contributed by atoms with van der Waals surface area (Å²) in [7, 11) is 1.70. The van der Waals surface area contributed by atoms with E-state index in [-0.39, 0.29) is 29.6 Å². The Morgan fingerprint density at radius 2 is 2.08 bits per heavy atom. The van der Waals surface area contributed by atoms with Gasteiger partial charge in [0.05, 0.1) is 6.54 Å². The van der Waals surface area contributed by atoms with Crippen molar-refractivity contribution in [3.63, 3.8) is 0 Å². The van der Waals surface area contributed by atoms with E-state index in [1.54, 1.807) is 7.11 Å². The van der Waals surface area contributed by atoms with Crippen LogP contribution in [0.5, 0.6) is 11.5 Å². The highest BCUT2D eigenvalue weighted by atomic mass is 127. The zero-order chi connectivity index (χ0) is 18.1. The van der Waals surface area contributed by atoms with Crippen molar-refractivity contribution >= 4 is 29.9 Å². The fourth-order valence-electron chi connectivity index (χ4n) is 2.77. The number of hydrogen-bond acceptors (Lipinski definition) is 4. The highest BCUT2D eigenvalue weighted by Crippen LogP contribution is 2.41. The van der Waals surface area contributed by atoms with E-state index in [2.05, 4.69) is 42.5 Å². The molecule has 0 aliphatic carbocycles. The highest BCUT2D eigenvalue weighted by Gasteiger charge is 2.32. The van der Waals surface area contributed by atoms with E-state index in [9.17, 15) is 0 Å². The normalized spacial score (nSPS) is 14.8. The van der Waals surface area contributed by atoms with E-state index in [4.69, 9.17) is 14.2 Å². The molecule has 2 rings (SSSR count). The number of rotatable bonds is 9. The van der Waals surface area contributed by atoms with Crippen LogP contribution in [-0.4, -0.2) is 51.5 Å². The first-order chi connectivity index (χ1) is 12.1. The van der Waals surface area contributed by atoms with E-state index in [0.717, 1.165) is 50.0 Å². The van der Waals surface area contributed by atoms with Crippen LogP contribution in [0.3, 0.4) is 0 Å². The molecule has 0 radical (unpaired) electrons. The van der Waals surface area contributed by atoms with E-state index in [1.165, 1.54) is 5.56 Å². The largest absolute Gasteiger partial charge is 0.488 e. The number of hydrogen-bond donors (Lipinski definition) is 2. The van der Waals surface area contributed by atoms with Gasteiger partial charge in [0, 0.05) is 38.8 Å². The number of benzene rings is 1. The summed E-state index contributed by atoms with van der Waals surface area (Å²) in [5.74, 6) is 2.50. The number of nitrogens with one attached hydrogen (secondary N) is 2. The first-order valence-corrected chi connectivity index (χ1v) is 9.00. The van der Waals surface area contributed by atoms with Gasteiger partial charge in [-0.05, 0) is 33.3 Å². The van der Waals surface area contributed by atoms with Crippen LogP contribution in [0.1, 0.15) is 32.8 Å². The van der Waals surface area contributed by atoms with Crippen molar-refractivity contribution in [3.8, 4) is 11.5 Å². The number of methoxy groups -OCH3 is 1. The molecule has 0 bridgehead atoms. The summed E-state index contributed by atoms with van der Waals surface area (Å²) in [4.78, 5) is 4.51. The third kappa shape index (κ3) is 7.19. The van der Waals surface area contributed by atoms with Crippen LogP contribution in [0.15, 0.2) is 23.2 Å². The summed E-state index contributed by atoms with van der Waals surface area (Å²) in [6, 6.07) is 6.09. The Hall–Kier alpha value is -1.22. The van der Waals surface area contributed by atoms with Gasteiger partial charge in [0.15, 0.2) is 17.5 Å². The number of nitrogens with zero attached hydrogens (tertiary/aromatic N) is 1. The van der Waals surface area contributed by atoms with Crippen LogP contribution in [0.2, 0.25) is 0 Å². The lowest BCUT2D eigenvalue weighted by atomic mass is 10.0. The molecule has 6 nitrogen and oxygen atoms in total. The van der Waals surface area contributed by atoms with Crippen molar-refractivity contribution in [2.24, 2.45) is 4.99 Å². The second-order valence-electron chi connectivity index (χ2n) is 6.67. The fourth-order valence-corrected chi connectivity index (χ4v) is 2.77. The molecular weight excluding hydrogens is 445 g/mol. The van der Waals surface area contributed by atoms with Gasteiger partial charge in [-0.2, -0.15) is 0 Å². The van der Waals surface area contributed by atoms with Gasteiger partial charge in [0.25, 0.3) is 0 Å². The lowest BCUT2D eigenvalue weighted by Gasteiger charge is -2.18. The Balaban J connectivity index is 0.00000338. The Morgan fingerprint density at radius 1 is 1.27 bits per heavy atom. The molecule has 0 saturated heterocycles. The zero-order valence-corrected chi connectivity index (χ0v) is 18.6. The molecule has 1 aromatic rings. The van der Waals surface area contributed by atoms with Crippen LogP contribution < -0.4 is 20.1 Å². The maximum atomic E-state index is 6.02. The minimum atomic E-state index is -0.160. The number of guanidine groups is 1. The van der Waals surface area contributed by atoms with Gasteiger partial charge in [0.2, 0.25) is 0 Å². The van der Waals surface area contributed by atoms with Crippen LogP contribution in [0, 0.1) is 0 Å². The van der Waals surface area contributed by atoms with Crippen molar-refractivity contribution < 1.29 is 14.2 Å². The average Bonchev–Trinajstić information content (AvgIpc) is 2.90. The average molecular weight is 477 g/mol. The first kappa shape index (κ1) is 22.8. The lowest BCUT2D eigenvalue weighted by molar-refractivity contribution is 0.132. The minimum absolute atomic E-state index is 0. The van der Waals surface area contributed by atoms with Gasteiger partial charge in [-0.1, -0.05) is 12.1 Å². The van der Waals surface area contributed by atoms with Crippen molar-refractivity contribution in [2.75, 3.05) is 40.0 Å². The SMILES string of the molecule is CCNC(=NCCCOC)NCCOc1cccc2c1OC(C)(C)C2.I. The number of halogens is 1. The van der Waals surface area contributed by atoms with E-state index >= 15 is 0 Å². The molecule has 148 valence electrons. The molecule has 0 atom stereocenters. The molecule has 0 fully saturated rings. The van der Waals surface area contributed by atoms with Crippen molar-refractivity contribution in [2.45, 2.75) is 39.2 Å². The molecule has 1 heterocycles. The third-order valence-corrected chi connectivity index (χ3v) is 3.83. The predicted molar refractivity (Wildman–Crippen MR) is 116 cm³/mol. The van der Waals surface area contributed by atoms with Gasteiger partial charge in [-0.3, -0.25) is 4.99 Å². The summed E-state index contributed by atoms with van der Waals surface area (Å²) in [5.41, 5.74) is 1.05. The molecule has 1 aliphatic rings. The highest BCUT2D eigenvalue weighted by molar-refractivity contribution is 14.0. The molecule has 0 unspecified atom stereocenters.